The monoisotopic (exact) mass is 513 g/mol. The molecule has 3 rings (SSSR count). The first-order valence-electron chi connectivity index (χ1n) is 12.9. The number of benzene rings is 2. The van der Waals surface area contributed by atoms with Crippen LogP contribution >= 0.6 is 0 Å². The molecule has 0 unspecified atom stereocenters. The number of nitrogens with zero attached hydrogens (tertiary/aromatic N) is 2. The fourth-order valence-corrected chi connectivity index (χ4v) is 5.90. The van der Waals surface area contributed by atoms with Crippen molar-refractivity contribution in [1.82, 2.24) is 14.5 Å². The maximum atomic E-state index is 13.4. The van der Waals surface area contributed by atoms with Crippen LogP contribution in [0.5, 0.6) is 0 Å². The maximum absolute atomic E-state index is 13.4. The van der Waals surface area contributed by atoms with E-state index in [1.807, 2.05) is 38.1 Å². The van der Waals surface area contributed by atoms with Gasteiger partial charge in [0.1, 0.15) is 6.04 Å². The van der Waals surface area contributed by atoms with E-state index in [4.69, 9.17) is 0 Å². The highest BCUT2D eigenvalue weighted by atomic mass is 32.2. The number of amides is 2. The van der Waals surface area contributed by atoms with E-state index >= 15 is 0 Å². The first-order valence-corrected chi connectivity index (χ1v) is 14.3. The van der Waals surface area contributed by atoms with E-state index < -0.39 is 16.1 Å². The van der Waals surface area contributed by atoms with Crippen LogP contribution in [0.3, 0.4) is 0 Å². The molecule has 1 fully saturated rings. The maximum Gasteiger partial charge on any atom is 0.243 e. The lowest BCUT2D eigenvalue weighted by molar-refractivity contribution is -0.141. The molecule has 1 aliphatic carbocycles. The molecule has 8 heteroatoms. The average Bonchev–Trinajstić information content (AvgIpc) is 3.38. The summed E-state index contributed by atoms with van der Waals surface area (Å²) >= 11 is 0. The number of aryl methyl sites for hydroxylation is 1. The molecule has 0 radical (unpaired) electrons. The van der Waals surface area contributed by atoms with E-state index in [1.54, 1.807) is 35.2 Å². The summed E-state index contributed by atoms with van der Waals surface area (Å²) in [6, 6.07) is 15.9. The molecule has 7 nitrogen and oxygen atoms in total. The fraction of sp³-hybridized carbons (Fsp3) is 0.500. The van der Waals surface area contributed by atoms with Gasteiger partial charge in [-0.3, -0.25) is 9.59 Å². The summed E-state index contributed by atoms with van der Waals surface area (Å²) in [7, 11) is -2.08. The van der Waals surface area contributed by atoms with Crippen LogP contribution in [0.25, 0.3) is 0 Å². The average molecular weight is 514 g/mol. The van der Waals surface area contributed by atoms with Gasteiger partial charge in [-0.2, -0.15) is 0 Å². The summed E-state index contributed by atoms with van der Waals surface area (Å²) in [5, 5.41) is 3.15. The normalized spacial score (nSPS) is 15.1. The Bertz CT molecular complexity index is 1100. The van der Waals surface area contributed by atoms with Gasteiger partial charge in [0.25, 0.3) is 0 Å². The lowest BCUT2D eigenvalue weighted by Crippen LogP contribution is -2.51. The van der Waals surface area contributed by atoms with Crippen LogP contribution < -0.4 is 5.32 Å². The van der Waals surface area contributed by atoms with Crippen LogP contribution in [0.4, 0.5) is 0 Å². The van der Waals surface area contributed by atoms with Gasteiger partial charge < -0.3 is 10.2 Å². The number of hydrogen-bond acceptors (Lipinski definition) is 4. The number of carbonyl (C=O) groups is 2. The molecule has 1 saturated carbocycles. The van der Waals surface area contributed by atoms with Crippen molar-refractivity contribution in [2.24, 2.45) is 0 Å². The van der Waals surface area contributed by atoms with Crippen molar-refractivity contribution in [3.05, 3.63) is 65.7 Å². The Balaban J connectivity index is 1.68. The molecule has 0 saturated heterocycles. The first kappa shape index (κ1) is 27.9. The number of rotatable bonds is 12. The zero-order chi connectivity index (χ0) is 26.1. The Hall–Kier alpha value is -2.71. The molecule has 0 spiro atoms. The second-order valence-corrected chi connectivity index (χ2v) is 11.7. The SMILES string of the molecule is CC[C@H](C(=O)NC1CCCC1)N(Cc1ccc(C)cc1)C(=O)CCCN(C)S(=O)(=O)c1ccccc1. The van der Waals surface area contributed by atoms with Crippen molar-refractivity contribution in [3.63, 3.8) is 0 Å². The summed E-state index contributed by atoms with van der Waals surface area (Å²) in [6.45, 7) is 4.49. The summed E-state index contributed by atoms with van der Waals surface area (Å²) in [4.78, 5) is 28.5. The van der Waals surface area contributed by atoms with E-state index in [-0.39, 0.29) is 35.7 Å². The Morgan fingerprint density at radius 3 is 2.28 bits per heavy atom. The van der Waals surface area contributed by atoms with Crippen molar-refractivity contribution in [3.8, 4) is 0 Å². The zero-order valence-electron chi connectivity index (χ0n) is 21.7. The predicted molar refractivity (Wildman–Crippen MR) is 142 cm³/mol. The van der Waals surface area contributed by atoms with Crippen LogP contribution in [-0.4, -0.2) is 55.1 Å². The van der Waals surface area contributed by atoms with Gasteiger partial charge in [0.2, 0.25) is 21.8 Å². The molecule has 196 valence electrons. The van der Waals surface area contributed by atoms with Gasteiger partial charge in [0.05, 0.1) is 4.90 Å². The minimum atomic E-state index is -3.61. The van der Waals surface area contributed by atoms with Crippen molar-refractivity contribution < 1.29 is 18.0 Å². The third-order valence-corrected chi connectivity index (χ3v) is 8.75. The van der Waals surface area contributed by atoms with Crippen LogP contribution in [0, 0.1) is 6.92 Å². The second kappa shape index (κ2) is 13.0. The fourth-order valence-electron chi connectivity index (χ4n) is 4.67. The van der Waals surface area contributed by atoms with E-state index in [0.717, 1.165) is 36.8 Å². The van der Waals surface area contributed by atoms with E-state index in [2.05, 4.69) is 5.32 Å². The smallest absolute Gasteiger partial charge is 0.243 e. The first-order chi connectivity index (χ1) is 17.2. The molecule has 1 aliphatic rings. The van der Waals surface area contributed by atoms with Crippen molar-refractivity contribution >= 4 is 21.8 Å². The molecule has 0 aromatic heterocycles. The molecule has 1 N–H and O–H groups in total. The van der Waals surface area contributed by atoms with Crippen LogP contribution in [-0.2, 0) is 26.2 Å². The summed E-state index contributed by atoms with van der Waals surface area (Å²) < 4.78 is 26.9. The number of nitrogens with one attached hydrogen (secondary N) is 1. The van der Waals surface area contributed by atoms with Gasteiger partial charge in [-0.1, -0.05) is 67.8 Å². The highest BCUT2D eigenvalue weighted by molar-refractivity contribution is 7.89. The van der Waals surface area contributed by atoms with Gasteiger partial charge in [0.15, 0.2) is 0 Å². The minimum absolute atomic E-state index is 0.103. The molecule has 2 aromatic rings. The molecule has 1 atom stereocenters. The summed E-state index contributed by atoms with van der Waals surface area (Å²) in [6.07, 6.45) is 5.24. The molecule has 0 heterocycles. The van der Waals surface area contributed by atoms with E-state index in [0.29, 0.717) is 19.4 Å². The van der Waals surface area contributed by atoms with Crippen LogP contribution in [0.1, 0.15) is 63.0 Å². The Kier molecular flexibility index (Phi) is 10.1. The zero-order valence-corrected chi connectivity index (χ0v) is 22.5. The van der Waals surface area contributed by atoms with E-state index in [1.165, 1.54) is 11.4 Å². The Labute approximate surface area is 215 Å². The van der Waals surface area contributed by atoms with Crippen molar-refractivity contribution in [2.45, 2.75) is 82.3 Å². The molecular formula is C28H39N3O4S. The van der Waals surface area contributed by atoms with Crippen LogP contribution in [0.2, 0.25) is 0 Å². The van der Waals surface area contributed by atoms with Gasteiger partial charge >= 0.3 is 0 Å². The Morgan fingerprint density at radius 1 is 1.03 bits per heavy atom. The predicted octanol–water partition coefficient (Wildman–Crippen LogP) is 4.26. The van der Waals surface area contributed by atoms with Gasteiger partial charge in [-0.05, 0) is 50.3 Å². The molecule has 36 heavy (non-hydrogen) atoms. The highest BCUT2D eigenvalue weighted by Gasteiger charge is 2.30. The lowest BCUT2D eigenvalue weighted by Gasteiger charge is -2.32. The van der Waals surface area contributed by atoms with Gasteiger partial charge in [0, 0.05) is 32.6 Å². The standard InChI is InChI=1S/C28H39N3O4S/c1-4-26(28(33)29-24-11-8-9-12-24)31(21-23-18-16-22(2)17-19-23)27(32)15-10-20-30(3)36(34,35)25-13-6-5-7-14-25/h5-7,13-14,16-19,24,26H,4,8-12,15,20-21H2,1-3H3,(H,29,33)/t26-/m1/s1. The topological polar surface area (TPSA) is 86.8 Å². The summed E-state index contributed by atoms with van der Waals surface area (Å²) in [5.41, 5.74) is 2.09. The molecule has 0 aliphatic heterocycles. The quantitative estimate of drug-likeness (QED) is 0.459. The van der Waals surface area contributed by atoms with Crippen molar-refractivity contribution in [1.29, 1.82) is 0 Å². The largest absolute Gasteiger partial charge is 0.352 e. The summed E-state index contributed by atoms with van der Waals surface area (Å²) in [5.74, 6) is -0.247. The lowest BCUT2D eigenvalue weighted by atomic mass is 10.1. The molecule has 0 bridgehead atoms. The minimum Gasteiger partial charge on any atom is -0.352 e. The van der Waals surface area contributed by atoms with Crippen LogP contribution in [0.15, 0.2) is 59.5 Å². The molecular weight excluding hydrogens is 474 g/mol. The number of carbonyl (C=O) groups excluding carboxylic acids is 2. The van der Waals surface area contributed by atoms with Gasteiger partial charge in [-0.25, -0.2) is 12.7 Å². The second-order valence-electron chi connectivity index (χ2n) is 9.66. The van der Waals surface area contributed by atoms with Gasteiger partial charge in [-0.15, -0.1) is 0 Å². The van der Waals surface area contributed by atoms with E-state index in [9.17, 15) is 18.0 Å². The molecule has 2 aromatic carbocycles. The van der Waals surface area contributed by atoms with Crippen molar-refractivity contribution in [2.75, 3.05) is 13.6 Å². The third kappa shape index (κ3) is 7.40. The third-order valence-electron chi connectivity index (χ3n) is 6.88. The molecule has 2 amide bonds. The Morgan fingerprint density at radius 2 is 1.67 bits per heavy atom. The highest BCUT2D eigenvalue weighted by Crippen LogP contribution is 2.20. The number of sulfonamides is 1. The number of hydrogen-bond donors (Lipinski definition) is 1.